The van der Waals surface area contributed by atoms with Crippen LogP contribution in [0.15, 0.2) is 29.3 Å². The number of nitrogens with zero attached hydrogens (tertiary/aromatic N) is 3. The molecule has 0 radical (unpaired) electrons. The van der Waals surface area contributed by atoms with Crippen molar-refractivity contribution < 1.29 is 4.79 Å². The monoisotopic (exact) mass is 385 g/mol. The fraction of sp³-hybridized carbons (Fsp3) is 0.636. The smallest absolute Gasteiger partial charge is 0.242 e. The minimum atomic E-state index is 0.0681. The third kappa shape index (κ3) is 5.25. The van der Waals surface area contributed by atoms with Gasteiger partial charge >= 0.3 is 0 Å². The highest BCUT2D eigenvalue weighted by atomic mass is 16.2. The molecule has 0 saturated carbocycles. The first kappa shape index (κ1) is 20.6. The summed E-state index contributed by atoms with van der Waals surface area (Å²) < 4.78 is 0. The van der Waals surface area contributed by atoms with Gasteiger partial charge in [-0.2, -0.15) is 0 Å². The molecule has 1 saturated heterocycles. The van der Waals surface area contributed by atoms with E-state index in [1.54, 1.807) is 7.05 Å². The van der Waals surface area contributed by atoms with Crippen molar-refractivity contribution in [1.29, 1.82) is 0 Å². The van der Waals surface area contributed by atoms with Crippen molar-refractivity contribution in [2.24, 2.45) is 4.99 Å². The van der Waals surface area contributed by atoms with Gasteiger partial charge in [0, 0.05) is 32.2 Å². The molecule has 2 N–H and O–H groups in total. The molecule has 1 amide bonds. The highest BCUT2D eigenvalue weighted by Gasteiger charge is 2.28. The number of guanidine groups is 1. The summed E-state index contributed by atoms with van der Waals surface area (Å²) in [6, 6.07) is 8.39. The highest BCUT2D eigenvalue weighted by molar-refractivity contribution is 5.86. The molecule has 2 heterocycles. The molecule has 6 nitrogen and oxygen atoms in total. The van der Waals surface area contributed by atoms with Crippen molar-refractivity contribution in [3.05, 3.63) is 35.4 Å². The fourth-order valence-electron chi connectivity index (χ4n) is 4.11. The Labute approximate surface area is 169 Å². The van der Waals surface area contributed by atoms with Crippen molar-refractivity contribution in [2.45, 2.75) is 51.6 Å². The van der Waals surface area contributed by atoms with Gasteiger partial charge in [0.05, 0.1) is 6.54 Å². The van der Waals surface area contributed by atoms with E-state index < -0.39 is 0 Å². The molecule has 0 bridgehead atoms. The van der Waals surface area contributed by atoms with Gasteiger partial charge in [-0.3, -0.25) is 14.7 Å². The molecule has 1 aromatic carbocycles. The quantitative estimate of drug-likeness (QED) is 0.601. The third-order valence-electron chi connectivity index (χ3n) is 6.01. The summed E-state index contributed by atoms with van der Waals surface area (Å²) in [5.41, 5.74) is 2.68. The Morgan fingerprint density at radius 3 is 2.50 bits per heavy atom. The van der Waals surface area contributed by atoms with E-state index in [9.17, 15) is 4.79 Å². The standard InChI is InChI=1S/C22H35N5O/c1-22(2,27-12-7-4-8-13-27)17-25-21(23-3)24-15-20(28)26-14-11-18-9-5-6-10-19(18)16-26/h5-6,9-10H,4,7-8,11-17H2,1-3H3,(H2,23,24,25). The number of fused-ring (bicyclic) bond motifs is 1. The zero-order valence-electron chi connectivity index (χ0n) is 17.6. The topological polar surface area (TPSA) is 60.0 Å². The minimum absolute atomic E-state index is 0.0681. The van der Waals surface area contributed by atoms with Crippen LogP contribution in [0.25, 0.3) is 0 Å². The van der Waals surface area contributed by atoms with Crippen LogP contribution >= 0.6 is 0 Å². The van der Waals surface area contributed by atoms with Gasteiger partial charge in [-0.15, -0.1) is 0 Å². The molecular weight excluding hydrogens is 350 g/mol. The number of likely N-dealkylation sites (tertiary alicyclic amines) is 1. The number of nitrogens with one attached hydrogen (secondary N) is 2. The Hall–Kier alpha value is -2.08. The van der Waals surface area contributed by atoms with E-state index in [1.807, 2.05) is 11.0 Å². The minimum Gasteiger partial charge on any atom is -0.355 e. The van der Waals surface area contributed by atoms with Crippen LogP contribution < -0.4 is 10.6 Å². The van der Waals surface area contributed by atoms with Crippen molar-refractivity contribution in [3.8, 4) is 0 Å². The molecule has 0 aliphatic carbocycles. The molecule has 0 aromatic heterocycles. The predicted molar refractivity (Wildman–Crippen MR) is 114 cm³/mol. The van der Waals surface area contributed by atoms with Crippen LogP contribution in [0.3, 0.4) is 0 Å². The molecule has 2 aliphatic rings. The van der Waals surface area contributed by atoms with Crippen molar-refractivity contribution >= 4 is 11.9 Å². The Balaban J connectivity index is 1.45. The lowest BCUT2D eigenvalue weighted by Gasteiger charge is -2.41. The number of carbonyl (C=O) groups is 1. The SMILES string of the molecule is CN=C(NCC(=O)N1CCc2ccccc2C1)NCC(C)(C)N1CCCCC1. The van der Waals surface area contributed by atoms with Crippen LogP contribution in [-0.2, 0) is 17.8 Å². The van der Waals surface area contributed by atoms with Gasteiger partial charge in [-0.1, -0.05) is 30.7 Å². The number of carbonyl (C=O) groups excluding carboxylic acids is 1. The lowest BCUT2D eigenvalue weighted by Crippen LogP contribution is -2.55. The maximum absolute atomic E-state index is 12.6. The highest BCUT2D eigenvalue weighted by Crippen LogP contribution is 2.20. The molecule has 2 aliphatic heterocycles. The molecule has 0 unspecified atom stereocenters. The molecule has 6 heteroatoms. The van der Waals surface area contributed by atoms with Crippen LogP contribution in [0.1, 0.15) is 44.2 Å². The van der Waals surface area contributed by atoms with Crippen molar-refractivity contribution in [1.82, 2.24) is 20.4 Å². The van der Waals surface area contributed by atoms with Crippen LogP contribution in [0.4, 0.5) is 0 Å². The zero-order chi connectivity index (χ0) is 20.0. The van der Waals surface area contributed by atoms with Gasteiger partial charge in [0.15, 0.2) is 5.96 Å². The first-order chi connectivity index (χ1) is 13.5. The molecule has 154 valence electrons. The maximum Gasteiger partial charge on any atom is 0.242 e. The van der Waals surface area contributed by atoms with E-state index >= 15 is 0 Å². The predicted octanol–water partition coefficient (Wildman–Crippen LogP) is 2.00. The normalized spacial score (nSPS) is 18.5. The van der Waals surface area contributed by atoms with Gasteiger partial charge in [0.1, 0.15) is 0 Å². The molecular formula is C22H35N5O. The molecule has 3 rings (SSSR count). The Kier molecular flexibility index (Phi) is 6.94. The van der Waals surface area contributed by atoms with Crippen molar-refractivity contribution in [2.75, 3.05) is 39.8 Å². The summed E-state index contributed by atoms with van der Waals surface area (Å²) >= 11 is 0. The van der Waals surface area contributed by atoms with E-state index in [-0.39, 0.29) is 18.0 Å². The summed E-state index contributed by atoms with van der Waals surface area (Å²) in [7, 11) is 1.75. The van der Waals surface area contributed by atoms with Gasteiger partial charge in [-0.25, -0.2) is 0 Å². The van der Waals surface area contributed by atoms with E-state index in [0.717, 1.165) is 32.6 Å². The summed E-state index contributed by atoms with van der Waals surface area (Å²) in [4.78, 5) is 21.4. The molecule has 0 spiro atoms. The number of rotatable bonds is 5. The van der Waals surface area contributed by atoms with E-state index in [1.165, 1.54) is 30.4 Å². The zero-order valence-corrected chi connectivity index (χ0v) is 17.6. The Morgan fingerprint density at radius 2 is 1.79 bits per heavy atom. The number of hydrogen-bond donors (Lipinski definition) is 2. The van der Waals surface area contributed by atoms with Gasteiger partial charge < -0.3 is 15.5 Å². The molecule has 28 heavy (non-hydrogen) atoms. The lowest BCUT2D eigenvalue weighted by molar-refractivity contribution is -0.130. The molecule has 1 fully saturated rings. The first-order valence-electron chi connectivity index (χ1n) is 10.5. The average Bonchev–Trinajstić information content (AvgIpc) is 2.74. The number of piperidine rings is 1. The van der Waals surface area contributed by atoms with E-state index in [2.05, 4.69) is 52.6 Å². The second-order valence-corrected chi connectivity index (χ2v) is 8.47. The number of aliphatic imine (C=N–C) groups is 1. The Morgan fingerprint density at radius 1 is 1.07 bits per heavy atom. The van der Waals surface area contributed by atoms with Gasteiger partial charge in [0.2, 0.25) is 5.91 Å². The van der Waals surface area contributed by atoms with Crippen LogP contribution in [0, 0.1) is 0 Å². The number of amides is 1. The molecule has 1 aromatic rings. The maximum atomic E-state index is 12.6. The van der Waals surface area contributed by atoms with Crippen LogP contribution in [0.2, 0.25) is 0 Å². The largest absolute Gasteiger partial charge is 0.355 e. The average molecular weight is 386 g/mol. The molecule has 0 atom stereocenters. The number of benzene rings is 1. The van der Waals surface area contributed by atoms with E-state index in [4.69, 9.17) is 0 Å². The van der Waals surface area contributed by atoms with Crippen LogP contribution in [0.5, 0.6) is 0 Å². The Bertz CT molecular complexity index is 694. The van der Waals surface area contributed by atoms with Crippen LogP contribution in [-0.4, -0.2) is 67.0 Å². The first-order valence-corrected chi connectivity index (χ1v) is 10.5. The third-order valence-corrected chi connectivity index (χ3v) is 6.01. The van der Waals surface area contributed by atoms with E-state index in [0.29, 0.717) is 12.5 Å². The summed E-state index contributed by atoms with van der Waals surface area (Å²) in [6.07, 6.45) is 4.83. The summed E-state index contributed by atoms with van der Waals surface area (Å²) in [5, 5.41) is 6.60. The second kappa shape index (κ2) is 9.41. The lowest BCUT2D eigenvalue weighted by atomic mass is 9.98. The summed E-state index contributed by atoms with van der Waals surface area (Å²) in [5.74, 6) is 0.809. The number of hydrogen-bond acceptors (Lipinski definition) is 3. The van der Waals surface area contributed by atoms with Gasteiger partial charge in [-0.05, 0) is 57.3 Å². The second-order valence-electron chi connectivity index (χ2n) is 8.47. The fourth-order valence-corrected chi connectivity index (χ4v) is 4.11. The summed E-state index contributed by atoms with van der Waals surface area (Å²) in [6.45, 7) is 9.43. The van der Waals surface area contributed by atoms with Gasteiger partial charge in [0.25, 0.3) is 0 Å². The van der Waals surface area contributed by atoms with Crippen molar-refractivity contribution in [3.63, 3.8) is 0 Å².